The predicted octanol–water partition coefficient (Wildman–Crippen LogP) is 8.58. The normalized spacial score (nSPS) is 15.8. The van der Waals surface area contributed by atoms with E-state index in [4.69, 9.17) is 0 Å². The van der Waals surface area contributed by atoms with Gasteiger partial charge in [-0.3, -0.25) is 0 Å². The Balaban J connectivity index is 1.58. The number of para-hydroxylation sites is 1. The number of aryl methyl sites for hydroxylation is 1. The van der Waals surface area contributed by atoms with Gasteiger partial charge >= 0.3 is 0 Å². The fourth-order valence-electron chi connectivity index (χ4n) is 5.40. The van der Waals surface area contributed by atoms with Crippen LogP contribution in [0.1, 0.15) is 37.3 Å². The van der Waals surface area contributed by atoms with Crippen LogP contribution in [0.25, 0.3) is 32.3 Å². The minimum absolute atomic E-state index is 0.103. The van der Waals surface area contributed by atoms with E-state index >= 15 is 0 Å². The van der Waals surface area contributed by atoms with Gasteiger partial charge in [0.15, 0.2) is 0 Å². The second-order valence-electron chi connectivity index (χ2n) is 9.77. The van der Waals surface area contributed by atoms with Gasteiger partial charge in [-0.1, -0.05) is 91.7 Å². The van der Waals surface area contributed by atoms with E-state index in [1.54, 1.807) is 0 Å². The summed E-state index contributed by atoms with van der Waals surface area (Å²) in [6, 6.07) is 33.5. The smallest absolute Gasteiger partial charge is 0.0600 e. The molecule has 0 heterocycles. The lowest BCUT2D eigenvalue weighted by Gasteiger charge is -2.34. The van der Waals surface area contributed by atoms with Crippen molar-refractivity contribution in [1.29, 1.82) is 0 Å². The summed E-state index contributed by atoms with van der Waals surface area (Å²) in [5.41, 5.74) is 3.81. The number of rotatable bonds is 5. The number of fused-ring (bicyclic) bond motifs is 6. The number of hydrogen-bond donors (Lipinski definition) is 1. The van der Waals surface area contributed by atoms with Gasteiger partial charge in [0, 0.05) is 5.69 Å². The van der Waals surface area contributed by atoms with E-state index < -0.39 is 0 Å². The first-order valence-electron chi connectivity index (χ1n) is 11.8. The third-order valence-electron chi connectivity index (χ3n) is 7.33. The molecule has 1 saturated carbocycles. The standard InChI is InChI=1S/C31H29N/c1-21-9-3-8-14-30(21)32-31(2,20-22-15-16-22)23-17-18-28-26-12-5-4-10-24(26)25-11-6-7-13-27(25)29(28)19-23/h3-14,17-19,22,32H,15-16,20H2,1-2H3/t31-/m1/s1. The van der Waals surface area contributed by atoms with Crippen LogP contribution in [-0.2, 0) is 5.54 Å². The van der Waals surface area contributed by atoms with Crippen molar-refractivity contribution in [2.75, 3.05) is 5.32 Å². The van der Waals surface area contributed by atoms with Crippen molar-refractivity contribution in [2.24, 2.45) is 5.92 Å². The highest BCUT2D eigenvalue weighted by molar-refractivity contribution is 6.25. The minimum atomic E-state index is -0.103. The summed E-state index contributed by atoms with van der Waals surface area (Å²) in [4.78, 5) is 0. The molecular formula is C31H29N. The highest BCUT2D eigenvalue weighted by Gasteiger charge is 2.35. The number of anilines is 1. The molecule has 1 heteroatoms. The summed E-state index contributed by atoms with van der Waals surface area (Å²) in [6.45, 7) is 4.59. The molecule has 1 aliphatic rings. The number of hydrogen-bond acceptors (Lipinski definition) is 1. The first kappa shape index (κ1) is 19.4. The van der Waals surface area contributed by atoms with Crippen molar-refractivity contribution < 1.29 is 0 Å². The lowest BCUT2D eigenvalue weighted by atomic mass is 9.83. The molecule has 5 aromatic rings. The summed E-state index contributed by atoms with van der Waals surface area (Å²) in [5.74, 6) is 0.820. The van der Waals surface area contributed by atoms with Crippen molar-refractivity contribution >= 4 is 38.0 Å². The van der Waals surface area contributed by atoms with Gasteiger partial charge < -0.3 is 5.32 Å². The molecule has 6 rings (SSSR count). The van der Waals surface area contributed by atoms with Crippen molar-refractivity contribution in [3.05, 3.63) is 102 Å². The third-order valence-corrected chi connectivity index (χ3v) is 7.33. The molecule has 0 aromatic heterocycles. The maximum Gasteiger partial charge on any atom is 0.0600 e. The maximum atomic E-state index is 3.96. The number of nitrogens with one attached hydrogen (secondary N) is 1. The Bertz CT molecular complexity index is 1420. The minimum Gasteiger partial charge on any atom is -0.376 e. The molecule has 1 nitrogen and oxygen atoms in total. The van der Waals surface area contributed by atoms with Gasteiger partial charge in [0.1, 0.15) is 0 Å². The van der Waals surface area contributed by atoms with Crippen LogP contribution in [0.4, 0.5) is 5.69 Å². The van der Waals surface area contributed by atoms with Gasteiger partial charge in [-0.15, -0.1) is 0 Å². The molecule has 1 atom stereocenters. The van der Waals surface area contributed by atoms with Crippen LogP contribution in [0.5, 0.6) is 0 Å². The van der Waals surface area contributed by atoms with Crippen molar-refractivity contribution in [3.63, 3.8) is 0 Å². The molecule has 1 aliphatic carbocycles. The van der Waals surface area contributed by atoms with Gasteiger partial charge in [0.05, 0.1) is 5.54 Å². The molecule has 5 aromatic carbocycles. The fourth-order valence-corrected chi connectivity index (χ4v) is 5.40. The van der Waals surface area contributed by atoms with E-state index in [2.05, 4.69) is 110 Å². The summed E-state index contributed by atoms with van der Waals surface area (Å²) >= 11 is 0. The largest absolute Gasteiger partial charge is 0.376 e. The number of benzene rings is 5. The zero-order valence-corrected chi connectivity index (χ0v) is 18.9. The van der Waals surface area contributed by atoms with Crippen LogP contribution in [0.2, 0.25) is 0 Å². The first-order valence-corrected chi connectivity index (χ1v) is 11.8. The molecule has 1 N–H and O–H groups in total. The Morgan fingerprint density at radius 3 is 1.81 bits per heavy atom. The Kier molecular flexibility index (Phi) is 4.47. The van der Waals surface area contributed by atoms with Crippen LogP contribution in [0, 0.1) is 12.8 Å². The Labute approximate surface area is 190 Å². The molecule has 32 heavy (non-hydrogen) atoms. The highest BCUT2D eigenvalue weighted by Crippen LogP contribution is 2.44. The Morgan fingerprint density at radius 1 is 0.688 bits per heavy atom. The summed E-state index contributed by atoms with van der Waals surface area (Å²) in [5, 5.41) is 12.0. The van der Waals surface area contributed by atoms with Crippen LogP contribution in [0.15, 0.2) is 91.0 Å². The van der Waals surface area contributed by atoms with Crippen LogP contribution < -0.4 is 5.32 Å². The molecule has 1 fully saturated rings. The molecule has 0 unspecified atom stereocenters. The van der Waals surface area contributed by atoms with Crippen LogP contribution >= 0.6 is 0 Å². The molecule has 0 bridgehead atoms. The van der Waals surface area contributed by atoms with E-state index in [0.29, 0.717) is 0 Å². The molecule has 0 saturated heterocycles. The van der Waals surface area contributed by atoms with Gasteiger partial charge in [0.25, 0.3) is 0 Å². The first-order chi connectivity index (χ1) is 15.6. The van der Waals surface area contributed by atoms with E-state index in [-0.39, 0.29) is 5.54 Å². The van der Waals surface area contributed by atoms with Crippen LogP contribution in [0.3, 0.4) is 0 Å². The zero-order chi connectivity index (χ0) is 21.7. The summed E-state index contributed by atoms with van der Waals surface area (Å²) < 4.78 is 0. The predicted molar refractivity (Wildman–Crippen MR) is 138 cm³/mol. The van der Waals surface area contributed by atoms with Gasteiger partial charge in [-0.2, -0.15) is 0 Å². The van der Waals surface area contributed by atoms with Crippen molar-refractivity contribution in [1.82, 2.24) is 0 Å². The van der Waals surface area contributed by atoms with E-state index in [1.807, 2.05) is 0 Å². The molecule has 158 valence electrons. The van der Waals surface area contributed by atoms with Crippen molar-refractivity contribution in [3.8, 4) is 0 Å². The SMILES string of the molecule is Cc1ccccc1N[C@](C)(CC1CC1)c1ccc2c3ccccc3c3ccccc3c2c1. The van der Waals surface area contributed by atoms with Gasteiger partial charge in [-0.25, -0.2) is 0 Å². The van der Waals surface area contributed by atoms with E-state index in [0.717, 1.165) is 5.92 Å². The summed E-state index contributed by atoms with van der Waals surface area (Å²) in [7, 11) is 0. The van der Waals surface area contributed by atoms with Gasteiger partial charge in [0.2, 0.25) is 0 Å². The van der Waals surface area contributed by atoms with Gasteiger partial charge in [-0.05, 0) is 81.8 Å². The maximum absolute atomic E-state index is 3.96. The van der Waals surface area contributed by atoms with E-state index in [9.17, 15) is 0 Å². The lowest BCUT2D eigenvalue weighted by Crippen LogP contribution is -2.33. The zero-order valence-electron chi connectivity index (χ0n) is 18.9. The lowest BCUT2D eigenvalue weighted by molar-refractivity contribution is 0.462. The average molecular weight is 416 g/mol. The average Bonchev–Trinajstić information content (AvgIpc) is 3.64. The highest BCUT2D eigenvalue weighted by atomic mass is 15.0. The molecular weight excluding hydrogens is 386 g/mol. The fraction of sp³-hybridized carbons (Fsp3) is 0.226. The molecule has 0 amide bonds. The quantitative estimate of drug-likeness (QED) is 0.283. The summed E-state index contributed by atoms with van der Waals surface area (Å²) in [6.07, 6.45) is 3.87. The Morgan fingerprint density at radius 2 is 1.22 bits per heavy atom. The van der Waals surface area contributed by atoms with E-state index in [1.165, 1.54) is 68.4 Å². The topological polar surface area (TPSA) is 12.0 Å². The second-order valence-corrected chi connectivity index (χ2v) is 9.77. The Hall–Kier alpha value is -3.32. The second kappa shape index (κ2) is 7.38. The molecule has 0 spiro atoms. The van der Waals surface area contributed by atoms with Crippen molar-refractivity contribution in [2.45, 2.75) is 38.6 Å². The third kappa shape index (κ3) is 3.24. The molecule has 0 aliphatic heterocycles. The molecule has 0 radical (unpaired) electrons. The monoisotopic (exact) mass is 415 g/mol. The van der Waals surface area contributed by atoms with Crippen LogP contribution in [-0.4, -0.2) is 0 Å².